The first-order valence-electron chi connectivity index (χ1n) is 21.4. The summed E-state index contributed by atoms with van der Waals surface area (Å²) < 4.78 is 71.2. The highest BCUT2D eigenvalue weighted by Gasteiger charge is 2.45. The summed E-state index contributed by atoms with van der Waals surface area (Å²) >= 11 is 0. The summed E-state index contributed by atoms with van der Waals surface area (Å²) in [6, 6.07) is 9.95. The number of likely N-dealkylation sites (N-methyl/N-ethyl adjacent to an activating group) is 1. The van der Waals surface area contributed by atoms with E-state index in [9.17, 15) is 45.6 Å². The topological polar surface area (TPSA) is 243 Å². The maximum atomic E-state index is 13.9. The minimum Gasteiger partial charge on any atom is -0.453 e. The minimum atomic E-state index is -5.47. The van der Waals surface area contributed by atoms with Crippen molar-refractivity contribution in [2.45, 2.75) is 76.3 Å². The van der Waals surface area contributed by atoms with Gasteiger partial charge in [0.1, 0.15) is 33.6 Å². The van der Waals surface area contributed by atoms with Crippen molar-refractivity contribution in [1.29, 1.82) is 0 Å². The van der Waals surface area contributed by atoms with Crippen molar-refractivity contribution in [2.24, 2.45) is 5.92 Å². The Morgan fingerprint density at radius 1 is 0.836 bits per heavy atom. The summed E-state index contributed by atoms with van der Waals surface area (Å²) in [5, 5.41) is 2.66. The van der Waals surface area contributed by atoms with E-state index >= 15 is 0 Å². The van der Waals surface area contributed by atoms with Crippen LogP contribution in [0.5, 0.6) is 0 Å². The van der Waals surface area contributed by atoms with E-state index in [1.165, 1.54) is 12.0 Å². The van der Waals surface area contributed by atoms with Gasteiger partial charge >= 0.3 is 24.3 Å². The zero-order chi connectivity index (χ0) is 48.4. The first-order chi connectivity index (χ1) is 31.7. The van der Waals surface area contributed by atoms with Crippen LogP contribution in [0.15, 0.2) is 61.1 Å². The number of H-pyrrole nitrogens is 2. The van der Waals surface area contributed by atoms with E-state index in [1.807, 2.05) is 56.3 Å². The summed E-state index contributed by atoms with van der Waals surface area (Å²) in [5.74, 6) is -3.40. The molecule has 23 heteroatoms. The van der Waals surface area contributed by atoms with Gasteiger partial charge in [0.2, 0.25) is 11.8 Å². The summed E-state index contributed by atoms with van der Waals surface area (Å²) in [4.78, 5) is 92.3. The normalized spacial score (nSPS) is 17.4. The van der Waals surface area contributed by atoms with Gasteiger partial charge < -0.3 is 34.6 Å². The molecular formula is C44H49F3N10O9S. The number of aromatic amines is 2. The number of fused-ring (bicyclic) bond motifs is 1. The van der Waals surface area contributed by atoms with Crippen molar-refractivity contribution < 1.29 is 55.0 Å². The third-order valence-electron chi connectivity index (χ3n) is 11.8. The summed E-state index contributed by atoms with van der Waals surface area (Å²) in [5.41, 5.74) is 5.59. The van der Waals surface area contributed by atoms with Crippen molar-refractivity contribution in [3.8, 4) is 33.8 Å². The lowest BCUT2D eigenvalue weighted by atomic mass is 10.0. The number of aromatic nitrogens is 6. The molecule has 0 unspecified atom stereocenters. The number of nitrogens with zero attached hydrogens (tertiary/aromatic N) is 7. The van der Waals surface area contributed by atoms with Crippen molar-refractivity contribution in [3.63, 3.8) is 0 Å². The number of ether oxygens (including phenoxy) is 2. The molecule has 356 valence electrons. The molecule has 0 saturated carbocycles. The quantitative estimate of drug-likeness (QED) is 0.0943. The van der Waals surface area contributed by atoms with Crippen LogP contribution >= 0.6 is 0 Å². The molecule has 0 bridgehead atoms. The predicted octanol–water partition coefficient (Wildman–Crippen LogP) is 5.75. The number of hydrogen-bond donors (Lipinski definition) is 3. The van der Waals surface area contributed by atoms with Gasteiger partial charge in [0, 0.05) is 37.5 Å². The van der Waals surface area contributed by atoms with Gasteiger partial charge in [-0.25, -0.2) is 37.8 Å². The van der Waals surface area contributed by atoms with E-state index in [4.69, 9.17) is 9.72 Å². The van der Waals surface area contributed by atoms with Crippen molar-refractivity contribution >= 4 is 50.8 Å². The minimum absolute atomic E-state index is 0.153. The lowest BCUT2D eigenvalue weighted by molar-refractivity contribution is -0.194. The Kier molecular flexibility index (Phi) is 14.0. The second-order valence-electron chi connectivity index (χ2n) is 16.8. The molecule has 0 aliphatic carbocycles. The van der Waals surface area contributed by atoms with Gasteiger partial charge in [0.15, 0.2) is 0 Å². The van der Waals surface area contributed by atoms with Gasteiger partial charge in [-0.3, -0.25) is 19.5 Å². The predicted molar refractivity (Wildman–Crippen MR) is 235 cm³/mol. The monoisotopic (exact) mass is 950 g/mol. The van der Waals surface area contributed by atoms with Crippen LogP contribution in [0.1, 0.15) is 69.7 Å². The summed E-state index contributed by atoms with van der Waals surface area (Å²) in [6.45, 7) is 4.45. The molecule has 3 N–H and O–H groups in total. The Balaban J connectivity index is 1.03. The van der Waals surface area contributed by atoms with E-state index in [2.05, 4.69) is 35.0 Å². The number of alkyl carbamates (subject to hydrolysis) is 1. The first-order valence-corrected chi connectivity index (χ1v) is 23.4. The summed E-state index contributed by atoms with van der Waals surface area (Å²) in [7, 11) is -1.46. The standard InChI is InChI=1S/C44H49F3N10O9S/c1-24(2)36(54-42(61)65-4)40(59)57-18-7-9-34(57)38-49-22-31(52-38)26-12-10-25(11-13-26)30-21-48-29-20-27(14-15-28(29)51-30)32-23-50-37(53-32)33-8-6-17-56(33)39(58)35(16-19-67(5,63)64)55(3)43(62)66-41(60)44(45,46)47/h10-15,20-24,33-36H,6-9,16-19H2,1-5H3,(H,49,52)(H,50,53)(H,54,61)/t33-,34-,35-,36-/m0/s1. The molecule has 67 heavy (non-hydrogen) atoms. The lowest BCUT2D eigenvalue weighted by Crippen LogP contribution is -2.51. The van der Waals surface area contributed by atoms with Crippen LogP contribution in [0.3, 0.4) is 0 Å². The number of amides is 4. The fourth-order valence-corrected chi connectivity index (χ4v) is 8.94. The number of carbonyl (C=O) groups is 5. The molecule has 2 aromatic carbocycles. The van der Waals surface area contributed by atoms with Crippen molar-refractivity contribution in [2.75, 3.05) is 39.3 Å². The first kappa shape index (κ1) is 48.0. The van der Waals surface area contributed by atoms with E-state index in [1.54, 1.807) is 23.5 Å². The molecule has 4 amide bonds. The number of rotatable bonds is 13. The number of hydrogen-bond acceptors (Lipinski definition) is 13. The third-order valence-corrected chi connectivity index (χ3v) is 12.8. The molecule has 3 aromatic heterocycles. The Hall–Kier alpha value is -6.91. The van der Waals surface area contributed by atoms with Gasteiger partial charge in [-0.15, -0.1) is 0 Å². The van der Waals surface area contributed by atoms with Gasteiger partial charge in [0.05, 0.1) is 71.7 Å². The molecule has 19 nitrogen and oxygen atoms in total. The number of benzene rings is 2. The molecular weight excluding hydrogens is 902 g/mol. The largest absolute Gasteiger partial charge is 0.491 e. The summed E-state index contributed by atoms with van der Waals surface area (Å²) in [6.07, 6.45) is -0.00917. The highest BCUT2D eigenvalue weighted by molar-refractivity contribution is 7.90. The van der Waals surface area contributed by atoms with Gasteiger partial charge in [-0.05, 0) is 55.7 Å². The number of likely N-dealkylation sites (tertiary alicyclic amines) is 2. The number of imidazole rings is 2. The fourth-order valence-electron chi connectivity index (χ4n) is 8.29. The third kappa shape index (κ3) is 10.9. The average molecular weight is 951 g/mol. The van der Waals surface area contributed by atoms with Crippen LogP contribution in [-0.4, -0.2) is 141 Å². The number of methoxy groups -OCH3 is 1. The van der Waals surface area contributed by atoms with E-state index in [0.29, 0.717) is 63.9 Å². The Morgan fingerprint density at radius 3 is 1.97 bits per heavy atom. The van der Waals surface area contributed by atoms with Crippen LogP contribution in [-0.2, 0) is 33.7 Å². The van der Waals surface area contributed by atoms with E-state index in [0.717, 1.165) is 43.0 Å². The van der Waals surface area contributed by atoms with Crippen LogP contribution in [0.25, 0.3) is 44.8 Å². The molecule has 0 radical (unpaired) electrons. The zero-order valence-corrected chi connectivity index (χ0v) is 38.0. The van der Waals surface area contributed by atoms with Crippen molar-refractivity contribution in [1.82, 2.24) is 49.9 Å². The van der Waals surface area contributed by atoms with Crippen LogP contribution in [0, 0.1) is 5.92 Å². The molecule has 7 rings (SSSR count). The number of alkyl halides is 3. The molecule has 2 aliphatic heterocycles. The SMILES string of the molecule is COC(=O)N[C@H](C(=O)N1CCC[C@H]1c1ncc(-c2ccc(-c3cnc4cc(-c5cnc([C@@H]6CCCN6C(=O)[C@H](CCS(C)(=O)=O)N(C)C(=O)OC(=O)C(F)(F)F)[nH]5)ccc4n3)cc2)[nH]1)C(C)C. The van der Waals surface area contributed by atoms with E-state index in [-0.39, 0.29) is 24.4 Å². The van der Waals surface area contributed by atoms with E-state index < -0.39 is 70.4 Å². The van der Waals surface area contributed by atoms with Gasteiger partial charge in [0.25, 0.3) is 0 Å². The highest BCUT2D eigenvalue weighted by atomic mass is 32.2. The number of carbonyl (C=O) groups excluding carboxylic acids is 5. The number of esters is 1. The van der Waals surface area contributed by atoms with Crippen LogP contribution in [0.4, 0.5) is 22.8 Å². The lowest BCUT2D eigenvalue weighted by Gasteiger charge is -2.32. The Bertz CT molecular complexity index is 2780. The number of halogens is 3. The van der Waals surface area contributed by atoms with Gasteiger partial charge in [-0.2, -0.15) is 13.2 Å². The van der Waals surface area contributed by atoms with Crippen molar-refractivity contribution in [3.05, 3.63) is 72.7 Å². The zero-order valence-electron chi connectivity index (χ0n) is 37.2. The highest BCUT2D eigenvalue weighted by Crippen LogP contribution is 2.35. The maximum absolute atomic E-state index is 13.9. The number of nitrogens with one attached hydrogen (secondary N) is 3. The van der Waals surface area contributed by atoms with Crippen LogP contribution < -0.4 is 5.32 Å². The molecule has 2 fully saturated rings. The molecule has 4 atom stereocenters. The molecule has 5 aromatic rings. The Morgan fingerprint density at radius 2 is 1.40 bits per heavy atom. The second-order valence-corrected chi connectivity index (χ2v) is 19.1. The molecule has 2 saturated heterocycles. The fraction of sp³-hybridized carbons (Fsp3) is 0.432. The smallest absolute Gasteiger partial charge is 0.453 e. The Labute approximate surface area is 382 Å². The molecule has 5 heterocycles. The van der Waals surface area contributed by atoms with Crippen LogP contribution in [0.2, 0.25) is 0 Å². The average Bonchev–Trinajstić information content (AvgIpc) is 4.14. The second kappa shape index (κ2) is 19.5. The maximum Gasteiger partial charge on any atom is 0.491 e. The van der Waals surface area contributed by atoms with Gasteiger partial charge in [-0.1, -0.05) is 44.2 Å². The number of sulfone groups is 1. The molecule has 2 aliphatic rings. The molecule has 0 spiro atoms.